The van der Waals surface area contributed by atoms with Crippen molar-refractivity contribution < 1.29 is 19.1 Å². The van der Waals surface area contributed by atoms with E-state index in [-0.39, 0.29) is 17.7 Å². The van der Waals surface area contributed by atoms with E-state index in [2.05, 4.69) is 58.8 Å². The zero-order valence-corrected chi connectivity index (χ0v) is 20.8. The average Bonchev–Trinajstić information content (AvgIpc) is 3.06. The van der Waals surface area contributed by atoms with E-state index < -0.39 is 0 Å². The lowest BCUT2D eigenvalue weighted by Crippen LogP contribution is -2.28. The molecule has 0 saturated carbocycles. The molecule has 0 unspecified atom stereocenters. The minimum atomic E-state index is -0.382. The number of hydrogen-bond acceptors (Lipinski definition) is 5. The van der Waals surface area contributed by atoms with Crippen molar-refractivity contribution >= 4 is 62.3 Å². The minimum Gasteiger partial charge on any atom is -0.490 e. The molecule has 1 fully saturated rings. The number of carbonyl (C=O) groups excluding carboxylic acids is 2. The highest BCUT2D eigenvalue weighted by atomic mass is 127. The summed E-state index contributed by atoms with van der Waals surface area (Å²) in [6.07, 6.45) is 6.94. The summed E-state index contributed by atoms with van der Waals surface area (Å²) < 4.78 is 12.8. The largest absolute Gasteiger partial charge is 0.490 e. The van der Waals surface area contributed by atoms with Gasteiger partial charge < -0.3 is 9.47 Å². The molecule has 0 radical (unpaired) electrons. The summed E-state index contributed by atoms with van der Waals surface area (Å²) in [6.45, 7) is 2.72. The van der Waals surface area contributed by atoms with Crippen LogP contribution >= 0.6 is 34.4 Å². The third-order valence-corrected chi connectivity index (χ3v) is 6.66. The van der Waals surface area contributed by atoms with Gasteiger partial charge >= 0.3 is 0 Å². The van der Waals surface area contributed by atoms with Crippen LogP contribution < -0.4 is 9.47 Å². The molecule has 4 rings (SSSR count). The Morgan fingerprint density at radius 1 is 1.09 bits per heavy atom. The van der Waals surface area contributed by atoms with Gasteiger partial charge in [0.1, 0.15) is 6.61 Å². The van der Waals surface area contributed by atoms with Crippen molar-refractivity contribution in [2.24, 2.45) is 0 Å². The van der Waals surface area contributed by atoms with Gasteiger partial charge in [-0.05, 0) is 87.5 Å². The minimum absolute atomic E-state index is 0.0364. The first-order valence-corrected chi connectivity index (χ1v) is 12.2. The Morgan fingerprint density at radius 2 is 1.88 bits per heavy atom. The summed E-state index contributed by atoms with van der Waals surface area (Å²) in [6, 6.07) is 18.2. The van der Waals surface area contributed by atoms with Gasteiger partial charge in [0, 0.05) is 0 Å². The van der Waals surface area contributed by atoms with Gasteiger partial charge in [0.2, 0.25) is 0 Å². The lowest BCUT2D eigenvalue weighted by atomic mass is 10.1. The van der Waals surface area contributed by atoms with Crippen LogP contribution in [-0.4, -0.2) is 29.2 Å². The summed E-state index contributed by atoms with van der Waals surface area (Å²) in [5.74, 6) is 3.18. The first-order chi connectivity index (χ1) is 16.0. The Bertz CT molecular complexity index is 1310. The summed E-state index contributed by atoms with van der Waals surface area (Å²) in [7, 11) is 0. The lowest BCUT2D eigenvalue weighted by molar-refractivity contribution is -0.122. The normalized spacial score (nSPS) is 14.7. The summed E-state index contributed by atoms with van der Waals surface area (Å²) >= 11 is 3.07. The summed E-state index contributed by atoms with van der Waals surface area (Å²) in [5.41, 5.74) is 1.80. The number of ether oxygens (including phenoxy) is 2. The Kier molecular flexibility index (Phi) is 7.26. The van der Waals surface area contributed by atoms with E-state index in [1.165, 1.54) is 5.39 Å². The number of fused-ring (bicyclic) bond motifs is 1. The number of nitrogens with zero attached hydrogens (tertiary/aromatic N) is 1. The first-order valence-electron chi connectivity index (χ1n) is 10.3. The molecule has 3 aromatic carbocycles. The Hall–Kier alpha value is -2.96. The van der Waals surface area contributed by atoms with Crippen LogP contribution in [0.3, 0.4) is 0 Å². The van der Waals surface area contributed by atoms with Crippen LogP contribution in [0.4, 0.5) is 4.79 Å². The number of imide groups is 1. The average molecular weight is 569 g/mol. The third-order valence-electron chi connectivity index (χ3n) is 4.95. The van der Waals surface area contributed by atoms with Crippen molar-refractivity contribution in [2.75, 3.05) is 13.2 Å². The molecular formula is C26H20INO4S. The number of terminal acetylenes is 1. The second-order valence-corrected chi connectivity index (χ2v) is 9.36. The van der Waals surface area contributed by atoms with E-state index in [1.807, 2.05) is 31.2 Å². The van der Waals surface area contributed by atoms with Crippen molar-refractivity contribution in [3.05, 3.63) is 74.2 Å². The quantitative estimate of drug-likeness (QED) is 0.196. The molecule has 0 N–H and O–H groups in total. The summed E-state index contributed by atoms with van der Waals surface area (Å²) in [4.78, 5) is 25.9. The van der Waals surface area contributed by atoms with E-state index in [0.29, 0.717) is 29.6 Å². The maximum Gasteiger partial charge on any atom is 0.294 e. The fourth-order valence-electron chi connectivity index (χ4n) is 3.44. The molecule has 0 spiro atoms. The molecule has 2 amide bonds. The highest BCUT2D eigenvalue weighted by molar-refractivity contribution is 14.1. The van der Waals surface area contributed by atoms with Crippen molar-refractivity contribution in [1.29, 1.82) is 0 Å². The number of halogens is 1. The van der Waals surface area contributed by atoms with E-state index >= 15 is 0 Å². The molecule has 3 aromatic rings. The molecular weight excluding hydrogens is 549 g/mol. The number of hydrogen-bond donors (Lipinski definition) is 0. The topological polar surface area (TPSA) is 55.8 Å². The molecule has 33 heavy (non-hydrogen) atoms. The Labute approximate surface area is 210 Å². The third kappa shape index (κ3) is 5.18. The second-order valence-electron chi connectivity index (χ2n) is 7.21. The van der Waals surface area contributed by atoms with Crippen LogP contribution in [0.15, 0.2) is 59.5 Å². The van der Waals surface area contributed by atoms with Crippen molar-refractivity contribution in [3.63, 3.8) is 0 Å². The molecule has 1 heterocycles. The van der Waals surface area contributed by atoms with Crippen LogP contribution in [0, 0.1) is 15.9 Å². The van der Waals surface area contributed by atoms with Crippen molar-refractivity contribution in [2.45, 2.75) is 13.5 Å². The Morgan fingerprint density at radius 3 is 2.64 bits per heavy atom. The fourth-order valence-corrected chi connectivity index (χ4v) is 5.06. The van der Waals surface area contributed by atoms with Crippen LogP contribution in [0.25, 0.3) is 16.8 Å². The lowest BCUT2D eigenvalue weighted by Gasteiger charge is -2.15. The molecule has 0 aromatic heterocycles. The van der Waals surface area contributed by atoms with Gasteiger partial charge in [-0.2, -0.15) is 0 Å². The van der Waals surface area contributed by atoms with E-state index in [9.17, 15) is 9.59 Å². The second kappa shape index (κ2) is 10.3. The Balaban J connectivity index is 1.58. The molecule has 0 bridgehead atoms. The number of rotatable bonds is 7. The maximum atomic E-state index is 12.5. The molecule has 1 aliphatic rings. The van der Waals surface area contributed by atoms with Gasteiger partial charge in [-0.15, -0.1) is 6.42 Å². The van der Waals surface area contributed by atoms with Gasteiger partial charge in [0.25, 0.3) is 11.1 Å². The van der Waals surface area contributed by atoms with Crippen LogP contribution in [0.2, 0.25) is 0 Å². The van der Waals surface area contributed by atoms with E-state index in [1.54, 1.807) is 6.08 Å². The highest BCUT2D eigenvalue weighted by Gasteiger charge is 2.34. The molecule has 166 valence electrons. The smallest absolute Gasteiger partial charge is 0.294 e. The fraction of sp³-hybridized carbons (Fsp3) is 0.154. The number of carbonyl (C=O) groups is 2. The predicted octanol–water partition coefficient (Wildman–Crippen LogP) is 6.09. The maximum absolute atomic E-state index is 12.5. The zero-order valence-electron chi connectivity index (χ0n) is 17.8. The van der Waals surface area contributed by atoms with Crippen molar-refractivity contribution in [1.82, 2.24) is 4.90 Å². The first kappa shape index (κ1) is 23.2. The molecule has 1 saturated heterocycles. The van der Waals surface area contributed by atoms with Crippen molar-refractivity contribution in [3.8, 4) is 23.8 Å². The molecule has 0 atom stereocenters. The molecule has 5 nitrogen and oxygen atoms in total. The molecule has 7 heteroatoms. The van der Waals surface area contributed by atoms with Crippen LogP contribution in [-0.2, 0) is 11.4 Å². The molecule has 1 aliphatic heterocycles. The zero-order chi connectivity index (χ0) is 23.4. The van der Waals surface area contributed by atoms with Gasteiger partial charge in [0.15, 0.2) is 11.5 Å². The molecule has 0 aliphatic carbocycles. The number of amides is 2. The van der Waals surface area contributed by atoms with Gasteiger partial charge in [-0.3, -0.25) is 14.5 Å². The summed E-state index contributed by atoms with van der Waals surface area (Å²) in [5, 5.41) is 1.98. The van der Waals surface area contributed by atoms with Crippen LogP contribution in [0.5, 0.6) is 11.5 Å². The predicted molar refractivity (Wildman–Crippen MR) is 140 cm³/mol. The number of thioether (sulfide) groups is 1. The number of benzene rings is 3. The van der Waals surface area contributed by atoms with Gasteiger partial charge in [0.05, 0.1) is 21.6 Å². The SMILES string of the molecule is C#CCN1C(=O)S/C(=C/c2cc(I)c(OCc3ccc4ccccc4c3)c(OCC)c2)C1=O. The van der Waals surface area contributed by atoms with Gasteiger partial charge in [-0.1, -0.05) is 42.3 Å². The van der Waals surface area contributed by atoms with Gasteiger partial charge in [-0.25, -0.2) is 0 Å². The standard InChI is InChI=1S/C26H20INO4S/c1-3-11-28-25(29)23(33-26(28)30)15-18-13-21(27)24(22(14-18)31-4-2)32-16-17-9-10-19-7-5-6-8-20(19)12-17/h1,5-10,12-15H,4,11,16H2,2H3/b23-15+. The van der Waals surface area contributed by atoms with E-state index in [4.69, 9.17) is 15.9 Å². The monoisotopic (exact) mass is 569 g/mol. The van der Waals surface area contributed by atoms with E-state index in [0.717, 1.165) is 36.7 Å². The highest BCUT2D eigenvalue weighted by Crippen LogP contribution is 2.38. The van der Waals surface area contributed by atoms with Crippen LogP contribution in [0.1, 0.15) is 18.1 Å².